The van der Waals surface area contributed by atoms with Gasteiger partial charge < -0.3 is 9.30 Å². The van der Waals surface area contributed by atoms with E-state index in [9.17, 15) is 9.18 Å². The molecule has 156 valence electrons. The number of nitrogens with zero attached hydrogens (tertiary/aromatic N) is 1. The molecule has 0 radical (unpaired) electrons. The van der Waals surface area contributed by atoms with E-state index in [-0.39, 0.29) is 11.2 Å². The second-order valence-electron chi connectivity index (χ2n) is 7.73. The van der Waals surface area contributed by atoms with Crippen LogP contribution in [-0.4, -0.2) is 4.57 Å². The number of aryl methyl sites for hydroxylation is 3. The van der Waals surface area contributed by atoms with Crippen LogP contribution in [0.4, 0.5) is 4.39 Å². The Morgan fingerprint density at radius 2 is 1.55 bits per heavy atom. The molecule has 3 aromatic carbocycles. The van der Waals surface area contributed by atoms with E-state index in [1.807, 2.05) is 67.1 Å². The smallest absolute Gasteiger partial charge is 0.197 e. The first-order valence-electron chi connectivity index (χ1n) is 10.3. The number of rotatable bonds is 5. The summed E-state index contributed by atoms with van der Waals surface area (Å²) in [5.41, 5.74) is 4.14. The van der Waals surface area contributed by atoms with Gasteiger partial charge in [-0.25, -0.2) is 4.39 Å². The van der Waals surface area contributed by atoms with Crippen LogP contribution in [0.25, 0.3) is 22.3 Å². The molecule has 1 aromatic heterocycles. The lowest BCUT2D eigenvalue weighted by Crippen LogP contribution is -2.12. The van der Waals surface area contributed by atoms with Gasteiger partial charge in [-0.05, 0) is 72.0 Å². The molecular weight excluding hydrogens is 389 g/mol. The molecule has 4 rings (SSSR count). The average Bonchev–Trinajstić information content (AvgIpc) is 2.74. The van der Waals surface area contributed by atoms with Gasteiger partial charge in [-0.2, -0.15) is 0 Å². The summed E-state index contributed by atoms with van der Waals surface area (Å²) in [6.45, 7) is 3.91. The minimum atomic E-state index is -0.354. The molecule has 0 unspecified atom stereocenters. The predicted octanol–water partition coefficient (Wildman–Crippen LogP) is 6.52. The van der Waals surface area contributed by atoms with E-state index >= 15 is 0 Å². The van der Waals surface area contributed by atoms with Crippen molar-refractivity contribution in [2.45, 2.75) is 20.3 Å². The fourth-order valence-corrected chi connectivity index (χ4v) is 3.70. The van der Waals surface area contributed by atoms with Crippen molar-refractivity contribution < 1.29 is 9.13 Å². The SMILES string of the molecule is CCc1cccc(Oc2cccc(-c3cn(C)cc(-c4cc(C)cc(F)c4)c3=O)c2)c1. The highest BCUT2D eigenvalue weighted by Gasteiger charge is 2.13. The van der Waals surface area contributed by atoms with Crippen molar-refractivity contribution in [1.29, 1.82) is 0 Å². The first-order valence-corrected chi connectivity index (χ1v) is 10.3. The summed E-state index contributed by atoms with van der Waals surface area (Å²) in [5, 5.41) is 0. The van der Waals surface area contributed by atoms with E-state index in [0.717, 1.165) is 23.3 Å². The molecule has 3 nitrogen and oxygen atoms in total. The van der Waals surface area contributed by atoms with E-state index in [1.54, 1.807) is 12.4 Å². The van der Waals surface area contributed by atoms with Crippen molar-refractivity contribution >= 4 is 0 Å². The molecule has 0 N–H and O–H groups in total. The summed E-state index contributed by atoms with van der Waals surface area (Å²) in [5.74, 6) is 1.06. The summed E-state index contributed by atoms with van der Waals surface area (Å²) in [6, 6.07) is 20.1. The highest BCUT2D eigenvalue weighted by Crippen LogP contribution is 2.28. The largest absolute Gasteiger partial charge is 0.457 e. The van der Waals surface area contributed by atoms with Crippen molar-refractivity contribution in [1.82, 2.24) is 4.57 Å². The van der Waals surface area contributed by atoms with Crippen LogP contribution in [0.1, 0.15) is 18.1 Å². The zero-order chi connectivity index (χ0) is 22.0. The van der Waals surface area contributed by atoms with Crippen LogP contribution >= 0.6 is 0 Å². The van der Waals surface area contributed by atoms with Gasteiger partial charge in [0.1, 0.15) is 17.3 Å². The average molecular weight is 413 g/mol. The topological polar surface area (TPSA) is 31.2 Å². The van der Waals surface area contributed by atoms with Crippen molar-refractivity contribution in [2.75, 3.05) is 0 Å². The van der Waals surface area contributed by atoms with E-state index < -0.39 is 0 Å². The van der Waals surface area contributed by atoms with E-state index in [1.165, 1.54) is 17.7 Å². The molecule has 0 aliphatic heterocycles. The lowest BCUT2D eigenvalue weighted by atomic mass is 9.99. The fourth-order valence-electron chi connectivity index (χ4n) is 3.70. The van der Waals surface area contributed by atoms with Gasteiger partial charge in [0.05, 0.1) is 0 Å². The molecule has 0 saturated heterocycles. The molecule has 31 heavy (non-hydrogen) atoms. The molecule has 0 fully saturated rings. The second-order valence-corrected chi connectivity index (χ2v) is 7.73. The Bertz CT molecular complexity index is 1290. The predicted molar refractivity (Wildman–Crippen MR) is 123 cm³/mol. The van der Waals surface area contributed by atoms with Gasteiger partial charge in [-0.1, -0.05) is 37.3 Å². The minimum Gasteiger partial charge on any atom is -0.457 e. The third kappa shape index (κ3) is 4.58. The molecule has 0 atom stereocenters. The Balaban J connectivity index is 1.75. The quantitative estimate of drug-likeness (QED) is 0.373. The van der Waals surface area contributed by atoms with Crippen LogP contribution in [0.5, 0.6) is 11.5 Å². The Morgan fingerprint density at radius 3 is 2.26 bits per heavy atom. The maximum Gasteiger partial charge on any atom is 0.197 e. The number of benzene rings is 3. The van der Waals surface area contributed by atoms with Crippen molar-refractivity contribution in [3.8, 4) is 33.8 Å². The van der Waals surface area contributed by atoms with Gasteiger partial charge in [-0.15, -0.1) is 0 Å². The zero-order valence-electron chi connectivity index (χ0n) is 17.9. The van der Waals surface area contributed by atoms with Crippen LogP contribution in [0.2, 0.25) is 0 Å². The van der Waals surface area contributed by atoms with E-state index in [2.05, 4.69) is 13.0 Å². The normalized spacial score (nSPS) is 10.8. The van der Waals surface area contributed by atoms with Crippen LogP contribution in [0.15, 0.2) is 83.9 Å². The van der Waals surface area contributed by atoms with Crippen LogP contribution in [0, 0.1) is 12.7 Å². The Morgan fingerprint density at radius 1 is 0.871 bits per heavy atom. The number of pyridine rings is 1. The maximum atomic E-state index is 14.0. The molecule has 0 bridgehead atoms. The first kappa shape index (κ1) is 20.6. The van der Waals surface area contributed by atoms with Gasteiger partial charge in [0.25, 0.3) is 0 Å². The van der Waals surface area contributed by atoms with Crippen molar-refractivity contribution in [3.05, 3.63) is 106 Å². The number of hydrogen-bond donors (Lipinski definition) is 0. The van der Waals surface area contributed by atoms with Crippen molar-refractivity contribution in [3.63, 3.8) is 0 Å². The number of hydrogen-bond acceptors (Lipinski definition) is 2. The third-order valence-corrected chi connectivity index (χ3v) is 5.20. The molecule has 0 aliphatic carbocycles. The van der Waals surface area contributed by atoms with E-state index in [0.29, 0.717) is 22.4 Å². The highest BCUT2D eigenvalue weighted by atomic mass is 19.1. The molecule has 0 saturated carbocycles. The standard InChI is InChI=1S/C27H24FNO2/c1-4-19-7-5-9-23(13-19)31-24-10-6-8-20(15-24)25-16-29(3)17-26(27(25)30)21-11-18(2)12-22(28)14-21/h5-17H,4H2,1-3H3. The Labute approximate surface area is 181 Å². The van der Waals surface area contributed by atoms with Crippen LogP contribution in [-0.2, 0) is 13.5 Å². The summed E-state index contributed by atoms with van der Waals surface area (Å²) >= 11 is 0. The molecule has 0 aliphatic rings. The van der Waals surface area contributed by atoms with Gasteiger partial charge in [-0.3, -0.25) is 4.79 Å². The van der Waals surface area contributed by atoms with Gasteiger partial charge >= 0.3 is 0 Å². The Kier molecular flexibility index (Phi) is 5.72. The van der Waals surface area contributed by atoms with Crippen LogP contribution < -0.4 is 10.2 Å². The van der Waals surface area contributed by atoms with Crippen molar-refractivity contribution in [2.24, 2.45) is 7.05 Å². The van der Waals surface area contributed by atoms with Gasteiger partial charge in [0.2, 0.25) is 0 Å². The zero-order valence-corrected chi connectivity index (χ0v) is 17.9. The molecule has 4 heteroatoms. The summed E-state index contributed by atoms with van der Waals surface area (Å²) < 4.78 is 21.8. The molecule has 0 spiro atoms. The second kappa shape index (κ2) is 8.60. The molecule has 4 aromatic rings. The monoisotopic (exact) mass is 413 g/mol. The summed E-state index contributed by atoms with van der Waals surface area (Å²) in [6.07, 6.45) is 4.45. The first-order chi connectivity index (χ1) is 14.9. The number of ether oxygens (including phenoxy) is 1. The third-order valence-electron chi connectivity index (χ3n) is 5.20. The lowest BCUT2D eigenvalue weighted by Gasteiger charge is -2.12. The molecule has 0 amide bonds. The molecule has 1 heterocycles. The summed E-state index contributed by atoms with van der Waals surface area (Å²) in [4.78, 5) is 13.3. The van der Waals surface area contributed by atoms with E-state index in [4.69, 9.17) is 4.74 Å². The maximum absolute atomic E-state index is 14.0. The highest BCUT2D eigenvalue weighted by molar-refractivity contribution is 5.72. The van der Waals surface area contributed by atoms with Crippen LogP contribution in [0.3, 0.4) is 0 Å². The number of halogens is 1. The summed E-state index contributed by atoms with van der Waals surface area (Å²) in [7, 11) is 1.86. The lowest BCUT2D eigenvalue weighted by molar-refractivity contribution is 0.482. The van der Waals surface area contributed by atoms with Gasteiger partial charge in [0.15, 0.2) is 5.43 Å². The Hall–Kier alpha value is -3.66. The fraction of sp³-hybridized carbons (Fsp3) is 0.148. The van der Waals surface area contributed by atoms with Gasteiger partial charge in [0, 0.05) is 30.6 Å². The molecular formula is C27H24FNO2. The number of aromatic nitrogens is 1. The minimum absolute atomic E-state index is 0.145.